The number of pyridine rings is 1. The fourth-order valence-electron chi connectivity index (χ4n) is 3.13. The van der Waals surface area contributed by atoms with Gasteiger partial charge in [-0.3, -0.25) is 15.1 Å². The van der Waals surface area contributed by atoms with Crippen molar-refractivity contribution >= 4 is 32.8 Å². The van der Waals surface area contributed by atoms with Crippen LogP contribution in [0.15, 0.2) is 36.5 Å². The highest BCUT2D eigenvalue weighted by atomic mass is 32.1. The second-order valence-electron chi connectivity index (χ2n) is 5.61. The van der Waals surface area contributed by atoms with E-state index in [1.807, 2.05) is 12.1 Å². The minimum atomic E-state index is -0.426. The first-order chi connectivity index (χ1) is 11.7. The lowest BCUT2D eigenvalue weighted by Crippen LogP contribution is -2.19. The van der Waals surface area contributed by atoms with Crippen molar-refractivity contribution in [1.82, 2.24) is 15.0 Å². The summed E-state index contributed by atoms with van der Waals surface area (Å²) < 4.78 is 11.3. The molecule has 0 radical (unpaired) electrons. The van der Waals surface area contributed by atoms with E-state index in [9.17, 15) is 14.3 Å². The molecule has 0 saturated carbocycles. The fourth-order valence-corrected chi connectivity index (χ4v) is 3.59. The number of aromatic amines is 1. The number of non-ortho nitro benzene ring substituents is 1. The van der Waals surface area contributed by atoms with Crippen molar-refractivity contribution in [3.05, 3.63) is 63.7 Å². The summed E-state index contributed by atoms with van der Waals surface area (Å²) in [7, 11) is 0. The molecule has 2 aromatic heterocycles. The summed E-state index contributed by atoms with van der Waals surface area (Å²) in [6.07, 6.45) is 3.11. The van der Waals surface area contributed by atoms with Crippen LogP contribution in [-0.2, 0) is 11.3 Å². The summed E-state index contributed by atoms with van der Waals surface area (Å²) in [5.41, 5.74) is 3.04. The van der Waals surface area contributed by atoms with E-state index in [-0.39, 0.29) is 11.6 Å². The van der Waals surface area contributed by atoms with Gasteiger partial charge in [0, 0.05) is 23.9 Å². The number of aromatic nitrogens is 3. The van der Waals surface area contributed by atoms with Crippen LogP contribution in [0.2, 0.25) is 0 Å². The summed E-state index contributed by atoms with van der Waals surface area (Å²) in [5, 5.41) is 10.9. The van der Waals surface area contributed by atoms with Gasteiger partial charge in [0.2, 0.25) is 0 Å². The van der Waals surface area contributed by atoms with Crippen molar-refractivity contribution in [2.24, 2.45) is 0 Å². The number of hydrogen-bond donors (Lipinski definition) is 1. The molecule has 4 rings (SSSR count). The number of nitro benzene ring substituents is 1. The van der Waals surface area contributed by atoms with Crippen molar-refractivity contribution in [2.75, 3.05) is 0 Å². The molecule has 0 bridgehead atoms. The number of fused-ring (bicyclic) bond motifs is 2. The third kappa shape index (κ3) is 2.31. The molecule has 7 nitrogen and oxygen atoms in total. The number of nitro groups is 1. The molecule has 120 valence electrons. The van der Waals surface area contributed by atoms with Gasteiger partial charge in [-0.25, -0.2) is 9.19 Å². The van der Waals surface area contributed by atoms with Crippen LogP contribution in [0.1, 0.15) is 35.8 Å². The quantitative estimate of drug-likeness (QED) is 0.439. The SMILES string of the molecule is O=S=C1CCC(c2nc3ccc([N+](=O)[O-])cc3[nH]2)c2ncccc21. The van der Waals surface area contributed by atoms with Gasteiger partial charge in [-0.15, -0.1) is 0 Å². The molecule has 8 heteroatoms. The van der Waals surface area contributed by atoms with Crippen LogP contribution in [0.4, 0.5) is 5.69 Å². The molecule has 0 spiro atoms. The standard InChI is InChI=1S/C16H12N4O3S/c21-20(22)9-3-5-12-13(8-9)19-16(18-12)11-4-6-14(24-23)10-2-1-7-17-15(10)11/h1-3,5,7-8,11H,4,6H2,(H,18,19). The highest BCUT2D eigenvalue weighted by Gasteiger charge is 2.29. The van der Waals surface area contributed by atoms with Crippen molar-refractivity contribution < 1.29 is 9.13 Å². The number of imidazole rings is 1. The Kier molecular flexibility index (Phi) is 3.46. The Labute approximate surface area is 140 Å². The highest BCUT2D eigenvalue weighted by molar-refractivity contribution is 7.67. The topological polar surface area (TPSA) is 102 Å². The average Bonchev–Trinajstić information content (AvgIpc) is 3.03. The van der Waals surface area contributed by atoms with E-state index in [1.165, 1.54) is 12.1 Å². The van der Waals surface area contributed by atoms with Crippen LogP contribution in [0, 0.1) is 10.1 Å². The lowest BCUT2D eigenvalue weighted by Gasteiger charge is -2.22. The summed E-state index contributed by atoms with van der Waals surface area (Å²) in [5.74, 6) is 0.670. The van der Waals surface area contributed by atoms with Crippen molar-refractivity contribution in [3.63, 3.8) is 0 Å². The van der Waals surface area contributed by atoms with E-state index in [2.05, 4.69) is 15.0 Å². The second-order valence-corrected chi connectivity index (χ2v) is 6.27. The van der Waals surface area contributed by atoms with E-state index in [4.69, 9.17) is 0 Å². The third-order valence-corrected chi connectivity index (χ3v) is 4.88. The Bertz CT molecular complexity index is 1020. The number of benzene rings is 1. The number of nitrogens with one attached hydrogen (secondary N) is 1. The monoisotopic (exact) mass is 340 g/mol. The number of H-pyrrole nitrogens is 1. The van der Waals surface area contributed by atoms with Crippen LogP contribution in [0.3, 0.4) is 0 Å². The highest BCUT2D eigenvalue weighted by Crippen LogP contribution is 2.35. The Morgan fingerprint density at radius 3 is 3.00 bits per heavy atom. The third-order valence-electron chi connectivity index (χ3n) is 4.25. The van der Waals surface area contributed by atoms with Crippen LogP contribution in [-0.4, -0.2) is 28.9 Å². The molecular formula is C16H12N4O3S. The molecule has 24 heavy (non-hydrogen) atoms. The zero-order valence-corrected chi connectivity index (χ0v) is 13.2. The van der Waals surface area contributed by atoms with Gasteiger partial charge in [-0.2, -0.15) is 0 Å². The summed E-state index contributed by atoms with van der Waals surface area (Å²) in [4.78, 5) is 23.5. The molecule has 1 unspecified atom stereocenters. The molecule has 0 amide bonds. The molecule has 1 aliphatic carbocycles. The Morgan fingerprint density at radius 1 is 1.33 bits per heavy atom. The predicted molar refractivity (Wildman–Crippen MR) is 90.3 cm³/mol. The zero-order chi connectivity index (χ0) is 16.7. The predicted octanol–water partition coefficient (Wildman–Crippen LogP) is 2.53. The molecule has 3 aromatic rings. The minimum Gasteiger partial charge on any atom is -0.341 e. The van der Waals surface area contributed by atoms with Gasteiger partial charge in [0.25, 0.3) is 5.69 Å². The lowest BCUT2D eigenvalue weighted by molar-refractivity contribution is -0.384. The van der Waals surface area contributed by atoms with Crippen molar-refractivity contribution in [1.29, 1.82) is 0 Å². The van der Waals surface area contributed by atoms with Crippen molar-refractivity contribution in [2.45, 2.75) is 18.8 Å². The van der Waals surface area contributed by atoms with Gasteiger partial charge in [-0.1, -0.05) is 6.07 Å². The summed E-state index contributed by atoms with van der Waals surface area (Å²) in [6, 6.07) is 8.29. The maximum absolute atomic E-state index is 11.3. The van der Waals surface area contributed by atoms with Crippen LogP contribution in [0.25, 0.3) is 11.0 Å². The number of rotatable bonds is 2. The average molecular weight is 340 g/mol. The molecular weight excluding hydrogens is 328 g/mol. The normalized spacial score (nSPS) is 16.8. The molecule has 0 aliphatic heterocycles. The Hall–Kier alpha value is -2.87. The van der Waals surface area contributed by atoms with Crippen LogP contribution >= 0.6 is 0 Å². The smallest absolute Gasteiger partial charge is 0.271 e. The minimum absolute atomic E-state index is 0.0262. The van der Waals surface area contributed by atoms with E-state index in [1.54, 1.807) is 12.3 Å². The number of hydrogen-bond acceptors (Lipinski definition) is 5. The van der Waals surface area contributed by atoms with E-state index < -0.39 is 4.92 Å². The van der Waals surface area contributed by atoms with Crippen LogP contribution in [0.5, 0.6) is 0 Å². The maximum Gasteiger partial charge on any atom is 0.271 e. The van der Waals surface area contributed by atoms with Gasteiger partial charge >= 0.3 is 0 Å². The molecule has 1 aliphatic rings. The maximum atomic E-state index is 11.3. The zero-order valence-electron chi connectivity index (χ0n) is 12.4. The van der Waals surface area contributed by atoms with Gasteiger partial charge in [0.1, 0.15) is 5.82 Å². The first-order valence-electron chi connectivity index (χ1n) is 7.42. The van der Waals surface area contributed by atoms with Gasteiger partial charge < -0.3 is 4.98 Å². The van der Waals surface area contributed by atoms with Gasteiger partial charge in [0.05, 0.1) is 43.7 Å². The van der Waals surface area contributed by atoms with Crippen molar-refractivity contribution in [3.8, 4) is 0 Å². The molecule has 1 aromatic carbocycles. The van der Waals surface area contributed by atoms with E-state index in [0.29, 0.717) is 28.7 Å². The van der Waals surface area contributed by atoms with Gasteiger partial charge in [-0.05, 0) is 25.0 Å². The summed E-state index contributed by atoms with van der Waals surface area (Å²) >= 11 is 0.517. The Morgan fingerprint density at radius 2 is 2.21 bits per heavy atom. The number of nitrogens with zero attached hydrogens (tertiary/aromatic N) is 3. The molecule has 0 saturated heterocycles. The van der Waals surface area contributed by atoms with E-state index >= 15 is 0 Å². The molecule has 2 heterocycles. The lowest BCUT2D eigenvalue weighted by atomic mass is 9.86. The van der Waals surface area contributed by atoms with Crippen LogP contribution < -0.4 is 0 Å². The largest absolute Gasteiger partial charge is 0.341 e. The van der Waals surface area contributed by atoms with E-state index in [0.717, 1.165) is 28.4 Å². The van der Waals surface area contributed by atoms with Gasteiger partial charge in [0.15, 0.2) is 0 Å². The molecule has 0 fully saturated rings. The first kappa shape index (κ1) is 14.7. The second kappa shape index (κ2) is 5.64. The summed E-state index contributed by atoms with van der Waals surface area (Å²) in [6.45, 7) is 0. The molecule has 1 atom stereocenters. The first-order valence-corrected chi connectivity index (χ1v) is 8.16. The molecule has 1 N–H and O–H groups in total. The fraction of sp³-hybridized carbons (Fsp3) is 0.188. The Balaban J connectivity index is 1.83.